The average molecular weight is 341 g/mol. The summed E-state index contributed by atoms with van der Waals surface area (Å²) in [5.74, 6) is 1.82. The second-order valence-corrected chi connectivity index (χ2v) is 6.51. The van der Waals surface area contributed by atoms with Gasteiger partial charge in [-0.2, -0.15) is 0 Å². The van der Waals surface area contributed by atoms with Crippen LogP contribution in [0.1, 0.15) is 25.3 Å². The summed E-state index contributed by atoms with van der Waals surface area (Å²) in [6.07, 6.45) is 2.70. The van der Waals surface area contributed by atoms with Crippen LogP contribution in [0.3, 0.4) is 0 Å². The first kappa shape index (κ1) is 15.8. The number of nitrogens with one attached hydrogen (secondary N) is 1. The summed E-state index contributed by atoms with van der Waals surface area (Å²) in [5.41, 5.74) is 1.25. The molecule has 0 unspecified atom stereocenters. The minimum Gasteiger partial charge on any atom is -0.497 e. The quantitative estimate of drug-likeness (QED) is 0.804. The molecule has 0 saturated carbocycles. The average Bonchev–Trinajstić information content (AvgIpc) is 2.47. The Labute approximate surface area is 130 Å². The molecule has 1 saturated heterocycles. The van der Waals surface area contributed by atoms with Gasteiger partial charge in [-0.15, -0.1) is 0 Å². The minimum absolute atomic E-state index is 0.877. The van der Waals surface area contributed by atoms with Gasteiger partial charge in [0.25, 0.3) is 0 Å². The zero-order valence-corrected chi connectivity index (χ0v) is 14.1. The van der Waals surface area contributed by atoms with E-state index < -0.39 is 0 Å². The van der Waals surface area contributed by atoms with Crippen molar-refractivity contribution in [3.05, 3.63) is 28.2 Å². The molecule has 1 N–H and O–H groups in total. The normalized spacial score (nSPS) is 17.4. The third kappa shape index (κ3) is 4.76. The molecule has 1 heterocycles. The Kier molecular flexibility index (Phi) is 6.33. The number of nitrogens with zero attached hydrogens (tertiary/aromatic N) is 1. The molecule has 1 aromatic carbocycles. The molecule has 1 fully saturated rings. The van der Waals surface area contributed by atoms with Crippen LogP contribution in [0.5, 0.6) is 5.75 Å². The molecule has 4 heteroatoms. The summed E-state index contributed by atoms with van der Waals surface area (Å²) < 4.78 is 6.40. The molecule has 112 valence electrons. The van der Waals surface area contributed by atoms with Gasteiger partial charge in [0.15, 0.2) is 0 Å². The van der Waals surface area contributed by atoms with E-state index in [9.17, 15) is 0 Å². The molecule has 0 amide bonds. The van der Waals surface area contributed by atoms with Crippen LogP contribution in [0.2, 0.25) is 0 Å². The van der Waals surface area contributed by atoms with Gasteiger partial charge in [0, 0.05) is 24.1 Å². The predicted octanol–water partition coefficient (Wildman–Crippen LogP) is 3.28. The number of ether oxygens (including phenoxy) is 1. The summed E-state index contributed by atoms with van der Waals surface area (Å²) in [7, 11) is 1.71. The lowest BCUT2D eigenvalue weighted by atomic mass is 9.99. The topological polar surface area (TPSA) is 24.5 Å². The van der Waals surface area contributed by atoms with Crippen molar-refractivity contribution >= 4 is 15.9 Å². The zero-order valence-electron chi connectivity index (χ0n) is 12.5. The van der Waals surface area contributed by atoms with E-state index in [2.05, 4.69) is 39.1 Å². The fourth-order valence-corrected chi connectivity index (χ4v) is 2.95. The smallest absolute Gasteiger partial charge is 0.119 e. The van der Waals surface area contributed by atoms with E-state index >= 15 is 0 Å². The lowest BCUT2D eigenvalue weighted by molar-refractivity contribution is 0.193. The molecule has 0 bridgehead atoms. The molecule has 3 nitrogen and oxygen atoms in total. The van der Waals surface area contributed by atoms with Crippen molar-refractivity contribution in [1.82, 2.24) is 10.2 Å². The Bertz CT molecular complexity index is 417. The number of likely N-dealkylation sites (tertiary alicyclic amines) is 1. The van der Waals surface area contributed by atoms with Crippen LogP contribution in [-0.2, 0) is 6.54 Å². The summed E-state index contributed by atoms with van der Waals surface area (Å²) in [5, 5.41) is 3.53. The highest BCUT2D eigenvalue weighted by atomic mass is 79.9. The Morgan fingerprint density at radius 3 is 2.80 bits per heavy atom. The lowest BCUT2D eigenvalue weighted by Crippen LogP contribution is -2.37. The van der Waals surface area contributed by atoms with Crippen LogP contribution in [0.4, 0.5) is 0 Å². The lowest BCUT2D eigenvalue weighted by Gasteiger charge is -2.30. The van der Waals surface area contributed by atoms with E-state index in [0.29, 0.717) is 0 Å². The molecule has 0 aliphatic carbocycles. The van der Waals surface area contributed by atoms with Crippen molar-refractivity contribution in [1.29, 1.82) is 0 Å². The van der Waals surface area contributed by atoms with Crippen molar-refractivity contribution in [2.75, 3.05) is 33.3 Å². The Balaban J connectivity index is 1.70. The van der Waals surface area contributed by atoms with Crippen LogP contribution < -0.4 is 10.1 Å². The van der Waals surface area contributed by atoms with E-state index in [1.54, 1.807) is 7.11 Å². The predicted molar refractivity (Wildman–Crippen MR) is 87.2 cm³/mol. The molecule has 0 atom stereocenters. The molecule has 0 spiro atoms. The molecule has 0 radical (unpaired) electrons. The highest BCUT2D eigenvalue weighted by molar-refractivity contribution is 9.10. The summed E-state index contributed by atoms with van der Waals surface area (Å²) in [6.45, 7) is 7.93. The van der Waals surface area contributed by atoms with Gasteiger partial charge in [0.2, 0.25) is 0 Å². The molecule has 2 rings (SSSR count). The number of piperidine rings is 1. The molecular weight excluding hydrogens is 316 g/mol. The van der Waals surface area contributed by atoms with E-state index in [0.717, 1.165) is 35.8 Å². The fraction of sp³-hybridized carbons (Fsp3) is 0.625. The van der Waals surface area contributed by atoms with E-state index in [4.69, 9.17) is 4.74 Å². The van der Waals surface area contributed by atoms with Crippen LogP contribution in [0.25, 0.3) is 0 Å². The van der Waals surface area contributed by atoms with Crippen molar-refractivity contribution in [2.45, 2.75) is 26.3 Å². The molecule has 0 aromatic heterocycles. The maximum atomic E-state index is 5.26. The van der Waals surface area contributed by atoms with E-state index in [1.165, 1.54) is 31.5 Å². The maximum absolute atomic E-state index is 5.26. The Morgan fingerprint density at radius 2 is 2.10 bits per heavy atom. The van der Waals surface area contributed by atoms with E-state index in [1.807, 2.05) is 12.1 Å². The Morgan fingerprint density at radius 1 is 1.35 bits per heavy atom. The first-order valence-corrected chi connectivity index (χ1v) is 8.24. The van der Waals surface area contributed by atoms with Gasteiger partial charge in [0.1, 0.15) is 5.75 Å². The minimum atomic E-state index is 0.877. The molecule has 20 heavy (non-hydrogen) atoms. The van der Waals surface area contributed by atoms with Crippen molar-refractivity contribution in [2.24, 2.45) is 5.92 Å². The van der Waals surface area contributed by atoms with Crippen molar-refractivity contribution in [3.63, 3.8) is 0 Å². The van der Waals surface area contributed by atoms with E-state index in [-0.39, 0.29) is 0 Å². The van der Waals surface area contributed by atoms with Crippen LogP contribution in [0.15, 0.2) is 22.7 Å². The summed E-state index contributed by atoms with van der Waals surface area (Å²) >= 11 is 3.59. The van der Waals surface area contributed by atoms with Gasteiger partial charge < -0.3 is 15.0 Å². The molecular formula is C16H25BrN2O. The summed E-state index contributed by atoms with van der Waals surface area (Å²) in [6, 6.07) is 6.10. The first-order chi connectivity index (χ1) is 9.69. The second-order valence-electron chi connectivity index (χ2n) is 5.66. The third-order valence-electron chi connectivity index (χ3n) is 4.05. The molecule has 1 aliphatic heterocycles. The van der Waals surface area contributed by atoms with Crippen molar-refractivity contribution in [3.8, 4) is 5.75 Å². The monoisotopic (exact) mass is 340 g/mol. The first-order valence-electron chi connectivity index (χ1n) is 7.44. The van der Waals surface area contributed by atoms with Crippen LogP contribution in [0, 0.1) is 5.92 Å². The standard InChI is InChI=1S/C16H25BrN2O/c1-13-5-8-19(9-6-13)10-7-18-12-14-11-15(20-2)3-4-16(14)17/h3-4,11,13,18H,5-10,12H2,1-2H3. The maximum Gasteiger partial charge on any atom is 0.119 e. The number of hydrogen-bond acceptors (Lipinski definition) is 3. The number of rotatable bonds is 6. The van der Waals surface area contributed by atoms with Crippen molar-refractivity contribution < 1.29 is 4.74 Å². The molecule has 1 aromatic rings. The third-order valence-corrected chi connectivity index (χ3v) is 4.82. The highest BCUT2D eigenvalue weighted by Gasteiger charge is 2.14. The Hall–Kier alpha value is -0.580. The molecule has 1 aliphatic rings. The largest absolute Gasteiger partial charge is 0.497 e. The van der Waals surface area contributed by atoms with Gasteiger partial charge in [-0.25, -0.2) is 0 Å². The zero-order chi connectivity index (χ0) is 14.4. The van der Waals surface area contributed by atoms with Gasteiger partial charge in [-0.3, -0.25) is 0 Å². The van der Waals surface area contributed by atoms with Gasteiger partial charge in [0.05, 0.1) is 7.11 Å². The van der Waals surface area contributed by atoms with Gasteiger partial charge in [-0.1, -0.05) is 22.9 Å². The number of hydrogen-bond donors (Lipinski definition) is 1. The number of benzene rings is 1. The van der Waals surface area contributed by atoms with Crippen LogP contribution >= 0.6 is 15.9 Å². The SMILES string of the molecule is COc1ccc(Br)c(CNCCN2CCC(C)CC2)c1. The summed E-state index contributed by atoms with van der Waals surface area (Å²) in [4.78, 5) is 2.56. The van der Waals surface area contributed by atoms with Gasteiger partial charge >= 0.3 is 0 Å². The fourth-order valence-electron chi connectivity index (χ4n) is 2.56. The highest BCUT2D eigenvalue weighted by Crippen LogP contribution is 2.22. The second kappa shape index (κ2) is 8.01. The number of methoxy groups -OCH3 is 1. The van der Waals surface area contributed by atoms with Crippen LogP contribution in [-0.4, -0.2) is 38.2 Å². The number of halogens is 1. The van der Waals surface area contributed by atoms with Gasteiger partial charge in [-0.05, 0) is 55.6 Å².